The molecule has 0 radical (unpaired) electrons. The van der Waals surface area contributed by atoms with Crippen LogP contribution >= 0.6 is 0 Å². The molecule has 0 amide bonds. The van der Waals surface area contributed by atoms with Gasteiger partial charge in [0, 0.05) is 42.5 Å². The van der Waals surface area contributed by atoms with Crippen LogP contribution in [0.5, 0.6) is 11.6 Å². The van der Waals surface area contributed by atoms with Gasteiger partial charge in [-0.3, -0.25) is 0 Å². The maximum Gasteiger partial charge on any atom is 0.218 e. The van der Waals surface area contributed by atoms with E-state index in [0.29, 0.717) is 12.4 Å². The van der Waals surface area contributed by atoms with Gasteiger partial charge in [-0.2, -0.15) is 0 Å². The number of anilines is 1. The Kier molecular flexibility index (Phi) is 5.05. The summed E-state index contributed by atoms with van der Waals surface area (Å²) in [6.07, 6.45) is 8.05. The van der Waals surface area contributed by atoms with Crippen LogP contribution in [-0.4, -0.2) is 34.2 Å². The van der Waals surface area contributed by atoms with Crippen LogP contribution in [-0.2, 0) is 13.0 Å². The molecule has 0 saturated carbocycles. The van der Waals surface area contributed by atoms with Crippen LogP contribution in [0.1, 0.15) is 16.7 Å². The quantitative estimate of drug-likeness (QED) is 0.514. The largest absolute Gasteiger partial charge is 0.495 e. The minimum Gasteiger partial charge on any atom is -0.495 e. The standard InChI is InChI=1S/C21H21N5O2/c1-27-17-9-18-16(12-25-20(18)26-13-17)8-14-5-6-19(23-10-14)24-11-15-4-3-7-22-21(15)28-2/h3-7,9-10,12-13H,8,11H2,1-2H3,(H,23,24)(H,25,26). The van der Waals surface area contributed by atoms with Gasteiger partial charge in [-0.15, -0.1) is 0 Å². The van der Waals surface area contributed by atoms with Crippen LogP contribution in [0.25, 0.3) is 11.0 Å². The number of pyridine rings is 3. The highest BCUT2D eigenvalue weighted by molar-refractivity contribution is 5.81. The van der Waals surface area contributed by atoms with Crippen molar-refractivity contribution in [1.82, 2.24) is 19.9 Å². The molecule has 0 atom stereocenters. The normalized spacial score (nSPS) is 10.8. The zero-order valence-electron chi connectivity index (χ0n) is 15.8. The molecule has 4 heterocycles. The minimum atomic E-state index is 0.595. The molecule has 7 heteroatoms. The second-order valence-electron chi connectivity index (χ2n) is 6.34. The summed E-state index contributed by atoms with van der Waals surface area (Å²) in [6.45, 7) is 0.595. The van der Waals surface area contributed by atoms with Crippen molar-refractivity contribution in [1.29, 1.82) is 0 Å². The topological polar surface area (TPSA) is 85.0 Å². The lowest BCUT2D eigenvalue weighted by Gasteiger charge is -2.09. The molecule has 0 aliphatic carbocycles. The fraction of sp³-hybridized carbons (Fsp3) is 0.190. The van der Waals surface area contributed by atoms with Crippen molar-refractivity contribution in [2.24, 2.45) is 0 Å². The predicted molar refractivity (Wildman–Crippen MR) is 108 cm³/mol. The lowest BCUT2D eigenvalue weighted by molar-refractivity contribution is 0.393. The van der Waals surface area contributed by atoms with Crippen molar-refractivity contribution in [3.63, 3.8) is 0 Å². The molecule has 0 fully saturated rings. The van der Waals surface area contributed by atoms with Crippen molar-refractivity contribution < 1.29 is 9.47 Å². The van der Waals surface area contributed by atoms with Gasteiger partial charge in [-0.05, 0) is 29.3 Å². The summed E-state index contributed by atoms with van der Waals surface area (Å²) < 4.78 is 10.6. The van der Waals surface area contributed by atoms with Crippen LogP contribution in [0, 0.1) is 0 Å². The van der Waals surface area contributed by atoms with E-state index in [1.54, 1.807) is 26.6 Å². The van der Waals surface area contributed by atoms with Gasteiger partial charge >= 0.3 is 0 Å². The number of hydrogen-bond donors (Lipinski definition) is 2. The Morgan fingerprint density at radius 1 is 1.00 bits per heavy atom. The van der Waals surface area contributed by atoms with Crippen LogP contribution in [0.3, 0.4) is 0 Å². The second kappa shape index (κ2) is 7.96. The van der Waals surface area contributed by atoms with Gasteiger partial charge in [0.25, 0.3) is 0 Å². The average molecular weight is 375 g/mol. The Labute approximate surface area is 162 Å². The molecule has 0 aromatic carbocycles. The van der Waals surface area contributed by atoms with E-state index in [-0.39, 0.29) is 0 Å². The molecule has 0 aliphatic heterocycles. The molecule has 28 heavy (non-hydrogen) atoms. The highest BCUT2D eigenvalue weighted by Gasteiger charge is 2.08. The molecule has 0 bridgehead atoms. The van der Waals surface area contributed by atoms with Crippen molar-refractivity contribution >= 4 is 16.9 Å². The molecular formula is C21H21N5O2. The van der Waals surface area contributed by atoms with Gasteiger partial charge in [-0.25, -0.2) is 15.0 Å². The fourth-order valence-corrected chi connectivity index (χ4v) is 3.08. The minimum absolute atomic E-state index is 0.595. The van der Waals surface area contributed by atoms with Gasteiger partial charge in [0.1, 0.15) is 17.2 Å². The average Bonchev–Trinajstić information content (AvgIpc) is 3.15. The lowest BCUT2D eigenvalue weighted by Crippen LogP contribution is -2.04. The van der Waals surface area contributed by atoms with E-state index in [0.717, 1.165) is 45.7 Å². The molecule has 7 nitrogen and oxygen atoms in total. The lowest BCUT2D eigenvalue weighted by atomic mass is 10.1. The van der Waals surface area contributed by atoms with E-state index in [2.05, 4.69) is 31.3 Å². The summed E-state index contributed by atoms with van der Waals surface area (Å²) in [5.74, 6) is 2.17. The van der Waals surface area contributed by atoms with Crippen molar-refractivity contribution in [2.75, 3.05) is 19.5 Å². The molecule has 0 unspecified atom stereocenters. The Balaban J connectivity index is 1.45. The third-order valence-corrected chi connectivity index (χ3v) is 4.55. The highest BCUT2D eigenvalue weighted by atomic mass is 16.5. The third-order valence-electron chi connectivity index (χ3n) is 4.55. The fourth-order valence-electron chi connectivity index (χ4n) is 3.08. The Morgan fingerprint density at radius 3 is 2.71 bits per heavy atom. The van der Waals surface area contributed by atoms with Gasteiger partial charge in [0.2, 0.25) is 5.88 Å². The van der Waals surface area contributed by atoms with E-state index in [9.17, 15) is 0 Å². The maximum absolute atomic E-state index is 5.28. The predicted octanol–water partition coefficient (Wildman–Crippen LogP) is 3.57. The number of rotatable bonds is 7. The smallest absolute Gasteiger partial charge is 0.218 e. The molecule has 2 N–H and O–H groups in total. The van der Waals surface area contributed by atoms with Crippen LogP contribution in [0.2, 0.25) is 0 Å². The summed E-state index contributed by atoms with van der Waals surface area (Å²) >= 11 is 0. The van der Waals surface area contributed by atoms with Crippen LogP contribution < -0.4 is 14.8 Å². The number of H-pyrrole nitrogens is 1. The first-order chi connectivity index (χ1) is 13.8. The number of aromatic amines is 1. The summed E-state index contributed by atoms with van der Waals surface area (Å²) in [4.78, 5) is 16.3. The number of nitrogens with one attached hydrogen (secondary N) is 2. The summed E-state index contributed by atoms with van der Waals surface area (Å²) in [5.41, 5.74) is 4.11. The van der Waals surface area contributed by atoms with Gasteiger partial charge in [-0.1, -0.05) is 12.1 Å². The van der Waals surface area contributed by atoms with E-state index < -0.39 is 0 Å². The number of ether oxygens (including phenoxy) is 2. The Bertz CT molecular complexity index is 1080. The van der Waals surface area contributed by atoms with E-state index in [1.165, 1.54) is 0 Å². The second-order valence-corrected chi connectivity index (χ2v) is 6.34. The Hall–Kier alpha value is -3.61. The number of fused-ring (bicyclic) bond motifs is 1. The van der Waals surface area contributed by atoms with E-state index in [4.69, 9.17) is 9.47 Å². The van der Waals surface area contributed by atoms with E-state index in [1.807, 2.05) is 36.7 Å². The Morgan fingerprint density at radius 2 is 1.93 bits per heavy atom. The number of hydrogen-bond acceptors (Lipinski definition) is 6. The zero-order chi connectivity index (χ0) is 19.3. The molecule has 4 aromatic rings. The summed E-state index contributed by atoms with van der Waals surface area (Å²) in [6, 6.07) is 9.92. The first kappa shape index (κ1) is 17.8. The zero-order valence-corrected chi connectivity index (χ0v) is 15.8. The third kappa shape index (κ3) is 3.73. The van der Waals surface area contributed by atoms with Gasteiger partial charge < -0.3 is 19.8 Å². The first-order valence-electron chi connectivity index (χ1n) is 8.93. The SMILES string of the molecule is COc1cnc2[nH]cc(Cc3ccc(NCc4cccnc4OC)nc3)c2c1. The number of aromatic nitrogens is 4. The van der Waals surface area contributed by atoms with Crippen LogP contribution in [0.15, 0.2) is 55.1 Å². The number of methoxy groups -OCH3 is 2. The highest BCUT2D eigenvalue weighted by Crippen LogP contribution is 2.24. The molecular weight excluding hydrogens is 354 g/mol. The van der Waals surface area contributed by atoms with Crippen molar-refractivity contribution in [2.45, 2.75) is 13.0 Å². The molecule has 4 aromatic heterocycles. The number of nitrogens with zero attached hydrogens (tertiary/aromatic N) is 3. The molecule has 142 valence electrons. The van der Waals surface area contributed by atoms with Crippen LogP contribution in [0.4, 0.5) is 5.82 Å². The maximum atomic E-state index is 5.28. The summed E-state index contributed by atoms with van der Waals surface area (Å²) in [7, 11) is 3.26. The van der Waals surface area contributed by atoms with Crippen molar-refractivity contribution in [3.05, 3.63) is 71.8 Å². The van der Waals surface area contributed by atoms with Crippen molar-refractivity contribution in [3.8, 4) is 11.6 Å². The molecule has 0 saturated heterocycles. The van der Waals surface area contributed by atoms with E-state index >= 15 is 0 Å². The monoisotopic (exact) mass is 375 g/mol. The molecule has 0 spiro atoms. The molecule has 4 rings (SSSR count). The van der Waals surface area contributed by atoms with Gasteiger partial charge in [0.05, 0.1) is 20.4 Å². The first-order valence-corrected chi connectivity index (χ1v) is 8.93. The summed E-state index contributed by atoms with van der Waals surface area (Å²) in [5, 5.41) is 4.36. The molecule has 0 aliphatic rings. The van der Waals surface area contributed by atoms with Gasteiger partial charge in [0.15, 0.2) is 0 Å².